The van der Waals surface area contributed by atoms with Crippen molar-refractivity contribution in [3.05, 3.63) is 29.3 Å². The van der Waals surface area contributed by atoms with Crippen LogP contribution in [-0.4, -0.2) is 44.7 Å². The lowest BCUT2D eigenvalue weighted by molar-refractivity contribution is -0.138. The summed E-state index contributed by atoms with van der Waals surface area (Å²) < 4.78 is 48.9. The zero-order valence-corrected chi connectivity index (χ0v) is 12.5. The number of rotatable bonds is 4. The summed E-state index contributed by atoms with van der Waals surface area (Å²) in [4.78, 5) is 25.2. The number of nitrogens with zero attached hydrogens (tertiary/aromatic N) is 1. The molecule has 1 saturated heterocycles. The first-order valence-electron chi connectivity index (χ1n) is 7.09. The van der Waals surface area contributed by atoms with Crippen LogP contribution in [0.3, 0.4) is 0 Å². The van der Waals surface area contributed by atoms with Gasteiger partial charge in [0, 0.05) is 24.3 Å². The summed E-state index contributed by atoms with van der Waals surface area (Å²) in [5.74, 6) is -2.26. The van der Waals surface area contributed by atoms with Crippen molar-refractivity contribution in [2.24, 2.45) is 0 Å². The Morgan fingerprint density at radius 2 is 1.87 bits per heavy atom. The number of carbonyl (C=O) groups excluding carboxylic acids is 2. The lowest BCUT2D eigenvalue weighted by Gasteiger charge is -2.29. The second-order valence-corrected chi connectivity index (χ2v) is 4.92. The minimum atomic E-state index is -4.62. The molecule has 0 unspecified atom stereocenters. The summed E-state index contributed by atoms with van der Waals surface area (Å²) in [7, 11) is 0. The minimum absolute atomic E-state index is 0.0279. The molecule has 1 aromatic rings. The van der Waals surface area contributed by atoms with Gasteiger partial charge in [0.2, 0.25) is 0 Å². The lowest BCUT2D eigenvalue weighted by Crippen LogP contribution is -2.36. The lowest BCUT2D eigenvalue weighted by atomic mass is 10.0. The third-order valence-electron chi connectivity index (χ3n) is 3.34. The Kier molecular flexibility index (Phi) is 5.25. The quantitative estimate of drug-likeness (QED) is 0.481. The van der Waals surface area contributed by atoms with Gasteiger partial charge in [-0.1, -0.05) is 0 Å². The van der Waals surface area contributed by atoms with Crippen LogP contribution >= 0.6 is 0 Å². The topological polar surface area (TPSA) is 55.8 Å². The van der Waals surface area contributed by atoms with Gasteiger partial charge in [0.1, 0.15) is 0 Å². The molecule has 1 aliphatic rings. The van der Waals surface area contributed by atoms with Crippen LogP contribution in [0.1, 0.15) is 22.8 Å². The largest absolute Gasteiger partial charge is 0.460 e. The number of halogens is 3. The molecule has 126 valence electrons. The van der Waals surface area contributed by atoms with E-state index in [0.29, 0.717) is 32.4 Å². The maximum Gasteiger partial charge on any atom is 0.416 e. The Hall–Kier alpha value is -2.09. The highest BCUT2D eigenvalue weighted by molar-refractivity contribution is 6.40. The summed E-state index contributed by atoms with van der Waals surface area (Å²) in [5, 5.41) is 0. The highest BCUT2D eigenvalue weighted by Gasteiger charge is 2.33. The molecule has 0 N–H and O–H groups in total. The number of Topliss-reactive ketones (excluding diaryl/α,β-unsaturated/α-hetero) is 1. The van der Waals surface area contributed by atoms with Crippen molar-refractivity contribution in [3.63, 3.8) is 0 Å². The third-order valence-corrected chi connectivity index (χ3v) is 3.34. The predicted octanol–water partition coefficient (Wildman–Crippen LogP) is 2.29. The molecule has 0 aromatic heterocycles. The first-order valence-corrected chi connectivity index (χ1v) is 7.09. The Labute approximate surface area is 131 Å². The molecule has 8 heteroatoms. The molecule has 2 rings (SSSR count). The van der Waals surface area contributed by atoms with Crippen molar-refractivity contribution in [1.29, 1.82) is 0 Å². The normalized spacial score (nSPS) is 15.4. The van der Waals surface area contributed by atoms with Crippen molar-refractivity contribution in [1.82, 2.24) is 0 Å². The molecule has 1 fully saturated rings. The second-order valence-electron chi connectivity index (χ2n) is 4.92. The number of ether oxygens (including phenoxy) is 2. The molecule has 0 bridgehead atoms. The number of hydrogen-bond acceptors (Lipinski definition) is 5. The van der Waals surface area contributed by atoms with Gasteiger partial charge in [0.25, 0.3) is 5.78 Å². The van der Waals surface area contributed by atoms with Crippen molar-refractivity contribution < 1.29 is 32.2 Å². The number of alkyl halides is 3. The summed E-state index contributed by atoms with van der Waals surface area (Å²) in [6, 6.07) is 2.91. The smallest absolute Gasteiger partial charge is 0.416 e. The van der Waals surface area contributed by atoms with E-state index in [-0.39, 0.29) is 17.9 Å². The number of benzene rings is 1. The SMILES string of the molecule is CCOC(=O)C(=O)c1cc(N2CCOCC2)cc(C(F)(F)F)c1. The molecular formula is C15H16F3NO4. The molecule has 0 aliphatic carbocycles. The molecule has 1 aliphatic heterocycles. The Morgan fingerprint density at radius 3 is 2.43 bits per heavy atom. The van der Waals surface area contributed by atoms with Crippen LogP contribution in [0.4, 0.5) is 18.9 Å². The number of carbonyl (C=O) groups is 2. The second kappa shape index (κ2) is 6.99. The maximum absolute atomic E-state index is 13.1. The van der Waals surface area contributed by atoms with E-state index >= 15 is 0 Å². The van der Waals surface area contributed by atoms with E-state index in [1.165, 1.54) is 13.0 Å². The van der Waals surface area contributed by atoms with E-state index in [2.05, 4.69) is 4.74 Å². The van der Waals surface area contributed by atoms with E-state index in [1.807, 2.05) is 0 Å². The van der Waals surface area contributed by atoms with Crippen molar-refractivity contribution >= 4 is 17.4 Å². The number of morpholine rings is 1. The van der Waals surface area contributed by atoms with Crippen LogP contribution in [0.15, 0.2) is 18.2 Å². The molecule has 0 saturated carbocycles. The Morgan fingerprint density at radius 1 is 1.22 bits per heavy atom. The van der Waals surface area contributed by atoms with Crippen molar-refractivity contribution in [2.75, 3.05) is 37.8 Å². The molecule has 0 atom stereocenters. The maximum atomic E-state index is 13.1. The van der Waals surface area contributed by atoms with Gasteiger partial charge in [-0.25, -0.2) is 4.79 Å². The van der Waals surface area contributed by atoms with Crippen molar-refractivity contribution in [2.45, 2.75) is 13.1 Å². The first kappa shape index (κ1) is 17.3. The third kappa shape index (κ3) is 4.22. The van der Waals surface area contributed by atoms with Gasteiger partial charge in [0.15, 0.2) is 0 Å². The Bertz CT molecular complexity index is 595. The van der Waals surface area contributed by atoms with E-state index in [0.717, 1.165) is 6.07 Å². The monoisotopic (exact) mass is 331 g/mol. The molecule has 1 aromatic carbocycles. The number of esters is 1. The highest BCUT2D eigenvalue weighted by atomic mass is 19.4. The van der Waals surface area contributed by atoms with Gasteiger partial charge < -0.3 is 14.4 Å². The van der Waals surface area contributed by atoms with E-state index < -0.39 is 23.5 Å². The first-order chi connectivity index (χ1) is 10.8. The minimum Gasteiger partial charge on any atom is -0.460 e. The standard InChI is InChI=1S/C15H16F3NO4/c1-2-23-14(21)13(20)10-7-11(15(16,17)18)9-12(8-10)19-3-5-22-6-4-19/h7-9H,2-6H2,1H3. The van der Waals surface area contributed by atoms with E-state index in [4.69, 9.17) is 4.74 Å². The van der Waals surface area contributed by atoms with Gasteiger partial charge in [-0.3, -0.25) is 4.79 Å². The van der Waals surface area contributed by atoms with Gasteiger partial charge in [-0.05, 0) is 25.1 Å². The number of hydrogen-bond donors (Lipinski definition) is 0. The van der Waals surface area contributed by atoms with E-state index in [9.17, 15) is 22.8 Å². The molecule has 5 nitrogen and oxygen atoms in total. The van der Waals surface area contributed by atoms with Crippen molar-refractivity contribution in [3.8, 4) is 0 Å². The average Bonchev–Trinajstić information content (AvgIpc) is 2.54. The fourth-order valence-electron chi connectivity index (χ4n) is 2.22. The van der Waals surface area contributed by atoms with Gasteiger partial charge in [0.05, 0.1) is 25.4 Å². The molecular weight excluding hydrogens is 315 g/mol. The van der Waals surface area contributed by atoms with Gasteiger partial charge in [-0.2, -0.15) is 13.2 Å². The van der Waals surface area contributed by atoms with Gasteiger partial charge in [-0.15, -0.1) is 0 Å². The number of ketones is 1. The van der Waals surface area contributed by atoms with Gasteiger partial charge >= 0.3 is 12.1 Å². The van der Waals surface area contributed by atoms with Crippen LogP contribution in [0.25, 0.3) is 0 Å². The molecule has 0 amide bonds. The van der Waals surface area contributed by atoms with E-state index in [1.54, 1.807) is 4.90 Å². The summed E-state index contributed by atoms with van der Waals surface area (Å²) in [6.45, 7) is 3.08. The summed E-state index contributed by atoms with van der Waals surface area (Å²) in [5.41, 5.74) is -1.08. The average molecular weight is 331 g/mol. The summed E-state index contributed by atoms with van der Waals surface area (Å²) >= 11 is 0. The molecule has 23 heavy (non-hydrogen) atoms. The fraction of sp³-hybridized carbons (Fsp3) is 0.467. The fourth-order valence-corrected chi connectivity index (χ4v) is 2.22. The molecule has 0 radical (unpaired) electrons. The Balaban J connectivity index is 2.41. The van der Waals surface area contributed by atoms with Crippen LogP contribution in [-0.2, 0) is 20.4 Å². The molecule has 1 heterocycles. The van der Waals surface area contributed by atoms with Crippen LogP contribution < -0.4 is 4.90 Å². The number of anilines is 1. The molecule has 0 spiro atoms. The zero-order chi connectivity index (χ0) is 17.0. The zero-order valence-electron chi connectivity index (χ0n) is 12.5. The van der Waals surface area contributed by atoms with Crippen LogP contribution in [0.5, 0.6) is 0 Å². The van der Waals surface area contributed by atoms with Crippen LogP contribution in [0, 0.1) is 0 Å². The predicted molar refractivity (Wildman–Crippen MR) is 75.4 cm³/mol. The summed E-state index contributed by atoms with van der Waals surface area (Å²) in [6.07, 6.45) is -4.62. The van der Waals surface area contributed by atoms with Crippen LogP contribution in [0.2, 0.25) is 0 Å². The highest BCUT2D eigenvalue weighted by Crippen LogP contribution is 2.33.